The lowest BCUT2D eigenvalue weighted by molar-refractivity contribution is -0.140. The average Bonchev–Trinajstić information content (AvgIpc) is 2.77. The number of amides is 2. The van der Waals surface area contributed by atoms with Gasteiger partial charge in [0.25, 0.3) is 0 Å². The van der Waals surface area contributed by atoms with Crippen LogP contribution in [0, 0.1) is 0 Å². The minimum absolute atomic E-state index is 0.0922. The van der Waals surface area contributed by atoms with Gasteiger partial charge in [0.05, 0.1) is 19.1 Å². The van der Waals surface area contributed by atoms with Crippen LogP contribution in [0.25, 0.3) is 0 Å². The zero-order valence-electron chi connectivity index (χ0n) is 19.1. The molecule has 8 nitrogen and oxygen atoms in total. The first-order chi connectivity index (χ1) is 15.9. The highest BCUT2D eigenvalue weighted by Crippen LogP contribution is 2.33. The lowest BCUT2D eigenvalue weighted by atomic mass is 10.1. The second-order valence-corrected chi connectivity index (χ2v) is 10.5. The maximum Gasteiger partial charge on any atom is 0.244 e. The van der Waals surface area contributed by atoms with E-state index in [4.69, 9.17) is 39.5 Å². The van der Waals surface area contributed by atoms with Crippen LogP contribution in [0.3, 0.4) is 0 Å². The van der Waals surface area contributed by atoms with Crippen LogP contribution in [0.1, 0.15) is 18.9 Å². The summed E-state index contributed by atoms with van der Waals surface area (Å²) in [5.41, 5.74) is 0.530. The summed E-state index contributed by atoms with van der Waals surface area (Å²) in [5, 5.41) is 3.42. The molecule has 34 heavy (non-hydrogen) atoms. The number of sulfonamides is 1. The molecular weight excluding hydrogens is 525 g/mol. The Labute approximate surface area is 214 Å². The standard InChI is InChI=1S/C22H26Cl3N3O5S/c1-5-18(22(30)26-2)27(12-15-16(24)7-6-8-17(15)25)21(29)13-28(34(4,31)32)19-11-14(23)9-10-20(19)33-3/h6-11,18H,5,12-13H2,1-4H3,(H,26,30)/t18-/m0/s1. The van der Waals surface area contributed by atoms with Crippen molar-refractivity contribution in [2.24, 2.45) is 0 Å². The molecule has 0 unspecified atom stereocenters. The van der Waals surface area contributed by atoms with Crippen LogP contribution in [0.15, 0.2) is 36.4 Å². The van der Waals surface area contributed by atoms with E-state index in [-0.39, 0.29) is 29.4 Å². The van der Waals surface area contributed by atoms with Crippen molar-refractivity contribution in [3.05, 3.63) is 57.0 Å². The van der Waals surface area contributed by atoms with Crippen LogP contribution in [0.4, 0.5) is 5.69 Å². The SMILES string of the molecule is CC[C@@H](C(=O)NC)N(Cc1c(Cl)cccc1Cl)C(=O)CN(c1cc(Cl)ccc1OC)S(C)(=O)=O. The molecule has 0 spiro atoms. The minimum Gasteiger partial charge on any atom is -0.495 e. The molecule has 2 rings (SSSR count). The maximum absolute atomic E-state index is 13.6. The predicted molar refractivity (Wildman–Crippen MR) is 135 cm³/mol. The highest BCUT2D eigenvalue weighted by Gasteiger charge is 2.33. The summed E-state index contributed by atoms with van der Waals surface area (Å²) in [4.78, 5) is 27.5. The first-order valence-electron chi connectivity index (χ1n) is 10.2. The van der Waals surface area contributed by atoms with Gasteiger partial charge in [-0.15, -0.1) is 0 Å². The topological polar surface area (TPSA) is 96.0 Å². The number of ether oxygens (including phenoxy) is 1. The van der Waals surface area contributed by atoms with Crippen LogP contribution in [-0.4, -0.2) is 58.1 Å². The Balaban J connectivity index is 2.56. The number of nitrogens with zero attached hydrogens (tertiary/aromatic N) is 2. The van der Waals surface area contributed by atoms with Gasteiger partial charge in [0, 0.05) is 34.2 Å². The lowest BCUT2D eigenvalue weighted by Crippen LogP contribution is -2.51. The molecule has 0 aliphatic heterocycles. The summed E-state index contributed by atoms with van der Waals surface area (Å²) >= 11 is 18.7. The number of anilines is 1. The molecule has 0 aliphatic rings. The molecule has 0 radical (unpaired) electrons. The number of methoxy groups -OCH3 is 1. The number of likely N-dealkylation sites (N-methyl/N-ethyl adjacent to an activating group) is 1. The van der Waals surface area contributed by atoms with Crippen LogP contribution in [0.5, 0.6) is 5.75 Å². The summed E-state index contributed by atoms with van der Waals surface area (Å²) in [6, 6.07) is 8.43. The number of carbonyl (C=O) groups is 2. The second kappa shape index (κ2) is 12.0. The average molecular weight is 551 g/mol. The number of nitrogens with one attached hydrogen (secondary N) is 1. The summed E-state index contributed by atoms with van der Waals surface area (Å²) in [6.45, 7) is 1.03. The predicted octanol–water partition coefficient (Wildman–Crippen LogP) is 3.97. The molecule has 2 aromatic carbocycles. The molecule has 0 aliphatic carbocycles. The molecule has 0 fully saturated rings. The first kappa shape index (κ1) is 28.0. The van der Waals surface area contributed by atoms with E-state index in [1.54, 1.807) is 25.1 Å². The molecular formula is C22H26Cl3N3O5S. The first-order valence-corrected chi connectivity index (χ1v) is 13.2. The number of benzene rings is 2. The van der Waals surface area contributed by atoms with Crippen molar-refractivity contribution in [3.8, 4) is 5.75 Å². The Morgan fingerprint density at radius 1 is 1.12 bits per heavy atom. The van der Waals surface area contributed by atoms with Gasteiger partial charge < -0.3 is 15.0 Å². The molecule has 0 saturated heterocycles. The number of hydrogen-bond acceptors (Lipinski definition) is 5. The van der Waals surface area contributed by atoms with Gasteiger partial charge in [0.2, 0.25) is 21.8 Å². The van der Waals surface area contributed by atoms with Crippen molar-refractivity contribution in [2.75, 3.05) is 31.3 Å². The van der Waals surface area contributed by atoms with E-state index >= 15 is 0 Å². The Bertz CT molecular complexity index is 1140. The fraction of sp³-hybridized carbons (Fsp3) is 0.364. The maximum atomic E-state index is 13.6. The molecule has 12 heteroatoms. The van der Waals surface area contributed by atoms with Crippen molar-refractivity contribution in [1.29, 1.82) is 0 Å². The molecule has 0 aromatic heterocycles. The lowest BCUT2D eigenvalue weighted by Gasteiger charge is -2.33. The second-order valence-electron chi connectivity index (χ2n) is 7.35. The molecule has 0 heterocycles. The third-order valence-corrected chi connectivity index (χ3v) is 7.18. The van der Waals surface area contributed by atoms with E-state index in [1.165, 1.54) is 37.3 Å². The molecule has 2 amide bonds. The van der Waals surface area contributed by atoms with E-state index in [0.717, 1.165) is 10.6 Å². The fourth-order valence-electron chi connectivity index (χ4n) is 3.39. The number of rotatable bonds is 10. The van der Waals surface area contributed by atoms with Crippen molar-refractivity contribution in [3.63, 3.8) is 0 Å². The van der Waals surface area contributed by atoms with Crippen molar-refractivity contribution in [2.45, 2.75) is 25.9 Å². The van der Waals surface area contributed by atoms with E-state index in [1.807, 2.05) is 0 Å². The molecule has 186 valence electrons. The van der Waals surface area contributed by atoms with Crippen molar-refractivity contribution in [1.82, 2.24) is 10.2 Å². The van der Waals surface area contributed by atoms with Gasteiger partial charge >= 0.3 is 0 Å². The normalized spacial score (nSPS) is 12.1. The monoisotopic (exact) mass is 549 g/mol. The molecule has 1 N–H and O–H groups in total. The molecule has 2 aromatic rings. The Hall–Kier alpha value is -2.20. The minimum atomic E-state index is -3.95. The van der Waals surface area contributed by atoms with Gasteiger partial charge in [0.1, 0.15) is 18.3 Å². The number of halogens is 3. The highest BCUT2D eigenvalue weighted by molar-refractivity contribution is 7.92. The Morgan fingerprint density at radius 3 is 2.24 bits per heavy atom. The van der Waals surface area contributed by atoms with E-state index in [9.17, 15) is 18.0 Å². The summed E-state index contributed by atoms with van der Waals surface area (Å²) < 4.78 is 31.6. The summed E-state index contributed by atoms with van der Waals surface area (Å²) in [6.07, 6.45) is 1.23. The van der Waals surface area contributed by atoms with Crippen LogP contribution < -0.4 is 14.4 Å². The van der Waals surface area contributed by atoms with E-state index in [0.29, 0.717) is 15.6 Å². The fourth-order valence-corrected chi connectivity index (χ4v) is 4.92. The van der Waals surface area contributed by atoms with Gasteiger partial charge in [-0.3, -0.25) is 13.9 Å². The number of carbonyl (C=O) groups excluding carboxylic acids is 2. The molecule has 0 saturated carbocycles. The highest BCUT2D eigenvalue weighted by atomic mass is 35.5. The quantitative estimate of drug-likeness (QED) is 0.483. The van der Waals surface area contributed by atoms with Gasteiger partial charge in [-0.05, 0) is 36.8 Å². The van der Waals surface area contributed by atoms with Crippen LogP contribution in [-0.2, 0) is 26.2 Å². The Kier molecular flexibility index (Phi) is 9.87. The van der Waals surface area contributed by atoms with E-state index in [2.05, 4.69) is 5.32 Å². The smallest absolute Gasteiger partial charge is 0.244 e. The van der Waals surface area contributed by atoms with Gasteiger partial charge in [-0.2, -0.15) is 0 Å². The largest absolute Gasteiger partial charge is 0.495 e. The molecule has 0 bridgehead atoms. The zero-order valence-corrected chi connectivity index (χ0v) is 22.2. The third-order valence-electron chi connectivity index (χ3n) is 5.11. The van der Waals surface area contributed by atoms with Crippen LogP contribution in [0.2, 0.25) is 15.1 Å². The van der Waals surface area contributed by atoms with Crippen LogP contribution >= 0.6 is 34.8 Å². The van der Waals surface area contributed by atoms with Crippen molar-refractivity contribution >= 4 is 62.3 Å². The Morgan fingerprint density at radius 2 is 1.74 bits per heavy atom. The van der Waals surface area contributed by atoms with E-state index < -0.39 is 34.4 Å². The summed E-state index contributed by atoms with van der Waals surface area (Å²) in [5.74, 6) is -0.842. The number of hydrogen-bond donors (Lipinski definition) is 1. The third kappa shape index (κ3) is 6.69. The van der Waals surface area contributed by atoms with Gasteiger partial charge in [0.15, 0.2) is 0 Å². The molecule has 1 atom stereocenters. The van der Waals surface area contributed by atoms with Gasteiger partial charge in [-0.1, -0.05) is 47.8 Å². The van der Waals surface area contributed by atoms with Gasteiger partial charge in [-0.25, -0.2) is 8.42 Å². The zero-order chi connectivity index (χ0) is 25.6. The van der Waals surface area contributed by atoms with Crippen molar-refractivity contribution < 1.29 is 22.7 Å². The summed E-state index contributed by atoms with van der Waals surface area (Å²) in [7, 11) is -1.12.